The number of nitrogens with zero attached hydrogens (tertiary/aromatic N) is 3. The fraction of sp³-hybridized carbons (Fsp3) is 0.367. The van der Waals surface area contributed by atoms with Crippen molar-refractivity contribution in [3.05, 3.63) is 101 Å². The van der Waals surface area contributed by atoms with Crippen molar-refractivity contribution in [3.63, 3.8) is 0 Å². The fourth-order valence-electron chi connectivity index (χ4n) is 5.37. The second-order valence-corrected chi connectivity index (χ2v) is 10.1. The lowest BCUT2D eigenvalue weighted by atomic mass is 10.1. The minimum atomic E-state index is -0.579. The number of amides is 1. The number of aryl methyl sites for hydroxylation is 1. The highest BCUT2D eigenvalue weighted by Crippen LogP contribution is 2.25. The van der Waals surface area contributed by atoms with Crippen LogP contribution in [0, 0.1) is 18.6 Å². The SMILES string of the molecule is Cc1ccc(N2CCN(C(=O)C3CC(NCc4ccc(F)cc4F)CN3Cc3ccccc3)CC2)cc1. The Balaban J connectivity index is 1.24. The molecular formula is C30H34F2N4O. The number of nitrogens with one attached hydrogen (secondary N) is 1. The average molecular weight is 505 g/mol. The van der Waals surface area contributed by atoms with Crippen molar-refractivity contribution in [2.45, 2.75) is 38.5 Å². The van der Waals surface area contributed by atoms with Crippen LogP contribution in [0.25, 0.3) is 0 Å². The van der Waals surface area contributed by atoms with E-state index >= 15 is 0 Å². The molecule has 2 aliphatic rings. The van der Waals surface area contributed by atoms with Crippen molar-refractivity contribution in [2.24, 2.45) is 0 Å². The van der Waals surface area contributed by atoms with Crippen LogP contribution in [0.5, 0.6) is 0 Å². The van der Waals surface area contributed by atoms with Gasteiger partial charge in [0.05, 0.1) is 6.04 Å². The lowest BCUT2D eigenvalue weighted by Gasteiger charge is -2.38. The Bertz CT molecular complexity index is 1200. The van der Waals surface area contributed by atoms with Crippen molar-refractivity contribution >= 4 is 11.6 Å². The van der Waals surface area contributed by atoms with Gasteiger partial charge in [-0.15, -0.1) is 0 Å². The number of halogens is 2. The van der Waals surface area contributed by atoms with Gasteiger partial charge in [-0.05, 0) is 37.1 Å². The summed E-state index contributed by atoms with van der Waals surface area (Å²) in [6.07, 6.45) is 0.659. The van der Waals surface area contributed by atoms with Crippen LogP contribution < -0.4 is 10.2 Å². The van der Waals surface area contributed by atoms with Gasteiger partial charge >= 0.3 is 0 Å². The number of anilines is 1. The van der Waals surface area contributed by atoms with E-state index in [9.17, 15) is 13.6 Å². The molecule has 2 heterocycles. The first-order valence-electron chi connectivity index (χ1n) is 13.0. The van der Waals surface area contributed by atoms with Crippen LogP contribution in [-0.2, 0) is 17.9 Å². The molecular weight excluding hydrogens is 470 g/mol. The maximum atomic E-state index is 14.2. The molecule has 0 bridgehead atoms. The van der Waals surface area contributed by atoms with Crippen molar-refractivity contribution in [2.75, 3.05) is 37.6 Å². The highest BCUT2D eigenvalue weighted by molar-refractivity contribution is 5.82. The van der Waals surface area contributed by atoms with Crippen molar-refractivity contribution in [3.8, 4) is 0 Å². The summed E-state index contributed by atoms with van der Waals surface area (Å²) in [5.41, 5.74) is 4.02. The van der Waals surface area contributed by atoms with E-state index in [1.54, 1.807) is 0 Å². The summed E-state index contributed by atoms with van der Waals surface area (Å²) in [7, 11) is 0. The molecule has 0 radical (unpaired) electrons. The van der Waals surface area contributed by atoms with E-state index in [2.05, 4.69) is 58.4 Å². The molecule has 194 valence electrons. The van der Waals surface area contributed by atoms with Gasteiger partial charge in [-0.3, -0.25) is 9.69 Å². The number of piperazine rings is 1. The summed E-state index contributed by atoms with van der Waals surface area (Å²) < 4.78 is 27.4. The lowest BCUT2D eigenvalue weighted by Crippen LogP contribution is -2.53. The van der Waals surface area contributed by atoms with Crippen LogP contribution in [0.2, 0.25) is 0 Å². The molecule has 3 aromatic carbocycles. The first kappa shape index (κ1) is 25.4. The quantitative estimate of drug-likeness (QED) is 0.519. The zero-order valence-electron chi connectivity index (χ0n) is 21.2. The molecule has 5 nitrogen and oxygen atoms in total. The number of benzene rings is 3. The summed E-state index contributed by atoms with van der Waals surface area (Å²) in [5, 5.41) is 3.41. The molecule has 7 heteroatoms. The summed E-state index contributed by atoms with van der Waals surface area (Å²) in [6.45, 7) is 6.77. The summed E-state index contributed by atoms with van der Waals surface area (Å²) >= 11 is 0. The minimum absolute atomic E-state index is 0.0379. The van der Waals surface area contributed by atoms with Gasteiger partial charge in [-0.2, -0.15) is 0 Å². The van der Waals surface area contributed by atoms with E-state index < -0.39 is 11.6 Å². The Morgan fingerprint density at radius 2 is 1.68 bits per heavy atom. The number of hydrogen-bond donors (Lipinski definition) is 1. The van der Waals surface area contributed by atoms with Gasteiger partial charge in [-0.25, -0.2) is 8.78 Å². The molecule has 2 fully saturated rings. The lowest BCUT2D eigenvalue weighted by molar-refractivity contribution is -0.136. The van der Waals surface area contributed by atoms with E-state index in [0.717, 1.165) is 24.7 Å². The summed E-state index contributed by atoms with van der Waals surface area (Å²) in [6, 6.07) is 22.2. The normalized spacial score (nSPS) is 20.4. The molecule has 2 atom stereocenters. The van der Waals surface area contributed by atoms with Gasteiger partial charge in [-0.1, -0.05) is 54.1 Å². The topological polar surface area (TPSA) is 38.8 Å². The van der Waals surface area contributed by atoms with E-state index in [4.69, 9.17) is 0 Å². The van der Waals surface area contributed by atoms with Crippen LogP contribution in [-0.4, -0.2) is 60.5 Å². The van der Waals surface area contributed by atoms with Crippen molar-refractivity contribution < 1.29 is 13.6 Å². The van der Waals surface area contributed by atoms with E-state index in [-0.39, 0.29) is 18.0 Å². The van der Waals surface area contributed by atoms with Crippen LogP contribution in [0.4, 0.5) is 14.5 Å². The monoisotopic (exact) mass is 504 g/mol. The molecule has 0 saturated carbocycles. The summed E-state index contributed by atoms with van der Waals surface area (Å²) in [4.78, 5) is 20.3. The fourth-order valence-corrected chi connectivity index (χ4v) is 5.37. The number of rotatable bonds is 7. The molecule has 1 amide bonds. The standard InChI is InChI=1S/C30H34F2N4O/c1-22-7-11-27(12-8-22)34-13-15-35(16-14-34)30(37)29-18-26(21-36(29)20-23-5-3-2-4-6-23)33-19-24-9-10-25(31)17-28(24)32/h2-12,17,26,29,33H,13-16,18-21H2,1H3. The van der Waals surface area contributed by atoms with Crippen LogP contribution in [0.1, 0.15) is 23.1 Å². The van der Waals surface area contributed by atoms with Crippen LogP contribution >= 0.6 is 0 Å². The van der Waals surface area contributed by atoms with Gasteiger partial charge in [0.25, 0.3) is 0 Å². The maximum Gasteiger partial charge on any atom is 0.240 e. The van der Waals surface area contributed by atoms with Crippen molar-refractivity contribution in [1.29, 1.82) is 0 Å². The molecule has 0 aromatic heterocycles. The van der Waals surface area contributed by atoms with Gasteiger partial charge < -0.3 is 15.1 Å². The minimum Gasteiger partial charge on any atom is -0.368 e. The van der Waals surface area contributed by atoms with E-state index in [1.807, 2.05) is 23.1 Å². The van der Waals surface area contributed by atoms with E-state index in [0.29, 0.717) is 44.7 Å². The number of carbonyl (C=O) groups is 1. The maximum absolute atomic E-state index is 14.2. The third-order valence-corrected chi connectivity index (χ3v) is 7.50. The summed E-state index contributed by atoms with van der Waals surface area (Å²) in [5.74, 6) is -0.966. The molecule has 5 rings (SSSR count). The molecule has 3 aromatic rings. The van der Waals surface area contributed by atoms with E-state index in [1.165, 1.54) is 23.4 Å². The molecule has 2 aliphatic heterocycles. The predicted molar refractivity (Wildman–Crippen MR) is 142 cm³/mol. The Morgan fingerprint density at radius 1 is 0.946 bits per heavy atom. The highest BCUT2D eigenvalue weighted by Gasteiger charge is 2.39. The number of likely N-dealkylation sites (tertiary alicyclic amines) is 1. The smallest absolute Gasteiger partial charge is 0.240 e. The predicted octanol–water partition coefficient (Wildman–Crippen LogP) is 4.35. The molecule has 1 N–H and O–H groups in total. The van der Waals surface area contributed by atoms with Crippen LogP contribution in [0.15, 0.2) is 72.8 Å². The number of carbonyl (C=O) groups excluding carboxylic acids is 1. The molecule has 2 unspecified atom stereocenters. The Hall–Kier alpha value is -3.29. The molecule has 37 heavy (non-hydrogen) atoms. The first-order chi connectivity index (χ1) is 18.0. The Kier molecular flexibility index (Phi) is 7.82. The largest absolute Gasteiger partial charge is 0.368 e. The third-order valence-electron chi connectivity index (χ3n) is 7.50. The third kappa shape index (κ3) is 6.17. The second-order valence-electron chi connectivity index (χ2n) is 10.1. The number of hydrogen-bond acceptors (Lipinski definition) is 4. The van der Waals surface area contributed by atoms with Gasteiger partial charge in [0, 0.05) is 69.2 Å². The van der Waals surface area contributed by atoms with Crippen LogP contribution in [0.3, 0.4) is 0 Å². The average Bonchev–Trinajstić information content (AvgIpc) is 3.31. The Morgan fingerprint density at radius 3 is 2.38 bits per heavy atom. The van der Waals surface area contributed by atoms with Gasteiger partial charge in [0.2, 0.25) is 5.91 Å². The zero-order chi connectivity index (χ0) is 25.8. The first-order valence-corrected chi connectivity index (χ1v) is 13.0. The second kappa shape index (κ2) is 11.4. The van der Waals surface area contributed by atoms with Crippen molar-refractivity contribution in [1.82, 2.24) is 15.1 Å². The molecule has 0 spiro atoms. The Labute approximate surface area is 217 Å². The van der Waals surface area contributed by atoms with Gasteiger partial charge in [0.1, 0.15) is 11.6 Å². The zero-order valence-corrected chi connectivity index (χ0v) is 21.2. The molecule has 0 aliphatic carbocycles. The highest BCUT2D eigenvalue weighted by atomic mass is 19.1. The van der Waals surface area contributed by atoms with Gasteiger partial charge in [0.15, 0.2) is 0 Å². The molecule has 2 saturated heterocycles.